The molecule has 1 N–H and O–H groups in total. The Labute approximate surface area is 132 Å². The van der Waals surface area contributed by atoms with E-state index in [0.29, 0.717) is 30.0 Å². The van der Waals surface area contributed by atoms with Crippen LogP contribution in [0.25, 0.3) is 0 Å². The number of hydrogen-bond donors (Lipinski definition) is 1. The Morgan fingerprint density at radius 2 is 2.14 bits per heavy atom. The monoisotopic (exact) mass is 304 g/mol. The Morgan fingerprint density at radius 1 is 1.41 bits per heavy atom. The van der Waals surface area contributed by atoms with E-state index in [0.717, 1.165) is 12.8 Å². The first-order chi connectivity index (χ1) is 10.5. The number of amides is 1. The predicted octanol–water partition coefficient (Wildman–Crippen LogP) is 3.49. The maximum absolute atomic E-state index is 12.5. The van der Waals surface area contributed by atoms with E-state index >= 15 is 0 Å². The standard InChI is InChI=1S/C17H24N2O3/c1-5-7-10-17(3,22-6-2)16(20)19-14-8-9-15(21-4)13(11-14)12-18/h8-9,11H,5-7,10H2,1-4H3,(H,19,20)/t17-/m0/s1. The van der Waals surface area contributed by atoms with E-state index in [1.807, 2.05) is 6.92 Å². The maximum Gasteiger partial charge on any atom is 0.256 e. The van der Waals surface area contributed by atoms with Gasteiger partial charge in [-0.1, -0.05) is 19.8 Å². The van der Waals surface area contributed by atoms with Crippen molar-refractivity contribution in [2.24, 2.45) is 0 Å². The molecule has 0 aliphatic carbocycles. The zero-order chi connectivity index (χ0) is 16.6. The summed E-state index contributed by atoms with van der Waals surface area (Å²) < 4.78 is 10.8. The van der Waals surface area contributed by atoms with Gasteiger partial charge in [0.05, 0.1) is 12.7 Å². The van der Waals surface area contributed by atoms with Crippen molar-refractivity contribution >= 4 is 11.6 Å². The van der Waals surface area contributed by atoms with Gasteiger partial charge < -0.3 is 14.8 Å². The third-order valence-electron chi connectivity index (χ3n) is 3.53. The molecule has 1 aromatic carbocycles. The van der Waals surface area contributed by atoms with Crippen LogP contribution in [0.3, 0.4) is 0 Å². The van der Waals surface area contributed by atoms with Crippen molar-refractivity contribution in [3.8, 4) is 11.8 Å². The lowest BCUT2D eigenvalue weighted by Gasteiger charge is -2.28. The molecule has 0 saturated carbocycles. The van der Waals surface area contributed by atoms with E-state index in [1.54, 1.807) is 25.1 Å². The fraction of sp³-hybridized carbons (Fsp3) is 0.529. The van der Waals surface area contributed by atoms with Gasteiger partial charge in [0.2, 0.25) is 0 Å². The lowest BCUT2D eigenvalue weighted by molar-refractivity contribution is -0.139. The SMILES string of the molecule is CCCC[C@](C)(OCC)C(=O)Nc1ccc(OC)c(C#N)c1. The molecule has 0 bridgehead atoms. The van der Waals surface area contributed by atoms with Crippen molar-refractivity contribution in [2.45, 2.75) is 45.6 Å². The molecule has 0 aliphatic heterocycles. The Bertz CT molecular complexity index is 551. The Hall–Kier alpha value is -2.06. The molecule has 0 spiro atoms. The minimum atomic E-state index is -0.864. The van der Waals surface area contributed by atoms with E-state index in [1.165, 1.54) is 7.11 Å². The van der Waals surface area contributed by atoms with Gasteiger partial charge in [0.1, 0.15) is 17.4 Å². The third kappa shape index (κ3) is 4.47. The molecule has 0 unspecified atom stereocenters. The van der Waals surface area contributed by atoms with E-state index in [4.69, 9.17) is 14.7 Å². The zero-order valence-electron chi connectivity index (χ0n) is 13.7. The summed E-state index contributed by atoms with van der Waals surface area (Å²) >= 11 is 0. The van der Waals surface area contributed by atoms with Gasteiger partial charge in [-0.15, -0.1) is 0 Å². The number of carbonyl (C=O) groups excluding carboxylic acids is 1. The van der Waals surface area contributed by atoms with Crippen LogP contribution in [0.15, 0.2) is 18.2 Å². The number of anilines is 1. The minimum Gasteiger partial charge on any atom is -0.495 e. The molecule has 0 fully saturated rings. The van der Waals surface area contributed by atoms with E-state index in [9.17, 15) is 4.79 Å². The number of nitriles is 1. The summed E-state index contributed by atoms with van der Waals surface area (Å²) in [5, 5.41) is 11.9. The molecule has 0 saturated heterocycles. The number of ether oxygens (including phenoxy) is 2. The second kappa shape index (κ2) is 8.40. The van der Waals surface area contributed by atoms with Gasteiger partial charge in [-0.05, 0) is 38.5 Å². The van der Waals surface area contributed by atoms with Crippen molar-refractivity contribution in [3.05, 3.63) is 23.8 Å². The molecular formula is C17H24N2O3. The van der Waals surface area contributed by atoms with E-state index < -0.39 is 5.60 Å². The molecular weight excluding hydrogens is 280 g/mol. The molecule has 0 aromatic heterocycles. The second-order valence-corrected chi connectivity index (χ2v) is 5.25. The van der Waals surface area contributed by atoms with Crippen LogP contribution >= 0.6 is 0 Å². The summed E-state index contributed by atoms with van der Waals surface area (Å²) in [6.07, 6.45) is 2.57. The topological polar surface area (TPSA) is 71.3 Å². The van der Waals surface area contributed by atoms with Crippen LogP contribution in [-0.4, -0.2) is 25.2 Å². The Balaban J connectivity index is 2.92. The number of methoxy groups -OCH3 is 1. The van der Waals surface area contributed by atoms with E-state index in [2.05, 4.69) is 18.3 Å². The fourth-order valence-electron chi connectivity index (χ4n) is 2.22. The van der Waals surface area contributed by atoms with Gasteiger partial charge in [-0.2, -0.15) is 5.26 Å². The lowest BCUT2D eigenvalue weighted by Crippen LogP contribution is -2.42. The highest BCUT2D eigenvalue weighted by atomic mass is 16.5. The summed E-state index contributed by atoms with van der Waals surface area (Å²) in [7, 11) is 1.51. The molecule has 120 valence electrons. The number of carbonyl (C=O) groups is 1. The number of nitrogens with zero attached hydrogens (tertiary/aromatic N) is 1. The van der Waals surface area contributed by atoms with Crippen LogP contribution < -0.4 is 10.1 Å². The van der Waals surface area contributed by atoms with Crippen molar-refractivity contribution in [3.63, 3.8) is 0 Å². The van der Waals surface area contributed by atoms with Gasteiger partial charge in [0.15, 0.2) is 0 Å². The van der Waals surface area contributed by atoms with Crippen molar-refractivity contribution in [1.29, 1.82) is 5.26 Å². The van der Waals surface area contributed by atoms with Gasteiger partial charge in [-0.3, -0.25) is 4.79 Å². The number of nitrogens with one attached hydrogen (secondary N) is 1. The quantitative estimate of drug-likeness (QED) is 0.798. The molecule has 0 heterocycles. The average molecular weight is 304 g/mol. The van der Waals surface area contributed by atoms with Gasteiger partial charge in [0, 0.05) is 12.3 Å². The minimum absolute atomic E-state index is 0.197. The number of unbranched alkanes of at least 4 members (excludes halogenated alkanes) is 1. The van der Waals surface area contributed by atoms with Crippen molar-refractivity contribution in [1.82, 2.24) is 0 Å². The largest absolute Gasteiger partial charge is 0.495 e. The molecule has 1 amide bonds. The van der Waals surface area contributed by atoms with Crippen LogP contribution in [0.2, 0.25) is 0 Å². The molecule has 5 nitrogen and oxygen atoms in total. The van der Waals surface area contributed by atoms with Crippen molar-refractivity contribution < 1.29 is 14.3 Å². The number of benzene rings is 1. The second-order valence-electron chi connectivity index (χ2n) is 5.25. The van der Waals surface area contributed by atoms with E-state index in [-0.39, 0.29) is 5.91 Å². The van der Waals surface area contributed by atoms with Crippen LogP contribution in [0.5, 0.6) is 5.75 Å². The first kappa shape index (κ1) is 18.0. The summed E-state index contributed by atoms with van der Waals surface area (Å²) in [6.45, 7) is 6.22. The molecule has 5 heteroatoms. The first-order valence-corrected chi connectivity index (χ1v) is 7.54. The van der Waals surface area contributed by atoms with Crippen LogP contribution in [0.4, 0.5) is 5.69 Å². The smallest absolute Gasteiger partial charge is 0.256 e. The van der Waals surface area contributed by atoms with Crippen molar-refractivity contribution in [2.75, 3.05) is 19.0 Å². The molecule has 0 radical (unpaired) electrons. The molecule has 1 aromatic rings. The van der Waals surface area contributed by atoms with Crippen LogP contribution in [-0.2, 0) is 9.53 Å². The Kier molecular flexibility index (Phi) is 6.87. The van der Waals surface area contributed by atoms with Gasteiger partial charge in [-0.25, -0.2) is 0 Å². The highest BCUT2D eigenvalue weighted by molar-refractivity contribution is 5.97. The summed E-state index contributed by atoms with van der Waals surface area (Å²) in [5.74, 6) is 0.288. The Morgan fingerprint density at radius 3 is 2.68 bits per heavy atom. The lowest BCUT2D eigenvalue weighted by atomic mass is 9.97. The summed E-state index contributed by atoms with van der Waals surface area (Å²) in [5.41, 5.74) is 0.0778. The fourth-order valence-corrected chi connectivity index (χ4v) is 2.22. The predicted molar refractivity (Wildman–Crippen MR) is 85.9 cm³/mol. The summed E-state index contributed by atoms with van der Waals surface area (Å²) in [4.78, 5) is 12.5. The number of hydrogen-bond acceptors (Lipinski definition) is 4. The first-order valence-electron chi connectivity index (χ1n) is 7.54. The molecule has 1 rings (SSSR count). The normalized spacial score (nSPS) is 13.0. The summed E-state index contributed by atoms with van der Waals surface area (Å²) in [6, 6.07) is 7.03. The van der Waals surface area contributed by atoms with Gasteiger partial charge in [0.25, 0.3) is 5.91 Å². The average Bonchev–Trinajstić information content (AvgIpc) is 2.53. The van der Waals surface area contributed by atoms with Gasteiger partial charge >= 0.3 is 0 Å². The van der Waals surface area contributed by atoms with Crippen LogP contribution in [0, 0.1) is 11.3 Å². The maximum atomic E-state index is 12.5. The number of rotatable bonds is 8. The third-order valence-corrected chi connectivity index (χ3v) is 3.53. The zero-order valence-corrected chi connectivity index (χ0v) is 13.7. The highest BCUT2D eigenvalue weighted by Crippen LogP contribution is 2.25. The van der Waals surface area contributed by atoms with Crippen LogP contribution in [0.1, 0.15) is 45.6 Å². The molecule has 0 aliphatic rings. The highest BCUT2D eigenvalue weighted by Gasteiger charge is 2.33. The molecule has 1 atom stereocenters. The molecule has 22 heavy (non-hydrogen) atoms.